The molecule has 0 amide bonds. The van der Waals surface area contributed by atoms with Gasteiger partial charge in [0.2, 0.25) is 0 Å². The number of imidazole rings is 1. The third kappa shape index (κ3) is 3.67. The molecule has 1 N–H and O–H groups in total. The van der Waals surface area contributed by atoms with Gasteiger partial charge in [-0.25, -0.2) is 4.98 Å². The standard InChI is InChI=1S/C14H23N5/c1-14(2,3)13(10-19-8-7-15-11-19)16-9-12-5-6-17-18(12)4/h5-8,11,13,16H,9-10H2,1-4H3. The van der Waals surface area contributed by atoms with E-state index in [0.717, 1.165) is 13.1 Å². The van der Waals surface area contributed by atoms with Gasteiger partial charge < -0.3 is 9.88 Å². The fourth-order valence-corrected chi connectivity index (χ4v) is 2.05. The van der Waals surface area contributed by atoms with Gasteiger partial charge in [-0.15, -0.1) is 0 Å². The lowest BCUT2D eigenvalue weighted by molar-refractivity contribution is 0.238. The first-order valence-electron chi connectivity index (χ1n) is 6.63. The molecule has 104 valence electrons. The summed E-state index contributed by atoms with van der Waals surface area (Å²) < 4.78 is 4.02. The molecule has 0 fully saturated rings. The SMILES string of the molecule is Cn1nccc1CNC(Cn1ccnc1)C(C)(C)C. The number of rotatable bonds is 5. The number of nitrogens with zero attached hydrogens (tertiary/aromatic N) is 4. The summed E-state index contributed by atoms with van der Waals surface area (Å²) >= 11 is 0. The van der Waals surface area contributed by atoms with E-state index in [1.807, 2.05) is 42.7 Å². The topological polar surface area (TPSA) is 47.7 Å². The predicted octanol–water partition coefficient (Wildman–Crippen LogP) is 1.82. The van der Waals surface area contributed by atoms with Crippen molar-refractivity contribution in [1.29, 1.82) is 0 Å². The van der Waals surface area contributed by atoms with Gasteiger partial charge in [-0.2, -0.15) is 5.10 Å². The van der Waals surface area contributed by atoms with E-state index in [1.165, 1.54) is 5.69 Å². The summed E-state index contributed by atoms with van der Waals surface area (Å²) in [5.74, 6) is 0. The Morgan fingerprint density at radius 3 is 2.63 bits per heavy atom. The Bertz CT molecular complexity index is 492. The van der Waals surface area contributed by atoms with Crippen molar-refractivity contribution in [2.24, 2.45) is 12.5 Å². The predicted molar refractivity (Wildman–Crippen MR) is 75.5 cm³/mol. The molecule has 1 atom stereocenters. The van der Waals surface area contributed by atoms with Gasteiger partial charge in [0.15, 0.2) is 0 Å². The maximum absolute atomic E-state index is 4.19. The van der Waals surface area contributed by atoms with Crippen molar-refractivity contribution in [3.63, 3.8) is 0 Å². The molecule has 0 aliphatic rings. The maximum Gasteiger partial charge on any atom is 0.0946 e. The second-order valence-corrected chi connectivity index (χ2v) is 6.01. The second kappa shape index (κ2) is 5.57. The van der Waals surface area contributed by atoms with Crippen LogP contribution in [0.5, 0.6) is 0 Å². The Hall–Kier alpha value is -1.62. The Labute approximate surface area is 114 Å². The molecule has 0 aliphatic heterocycles. The summed E-state index contributed by atoms with van der Waals surface area (Å²) in [5.41, 5.74) is 1.38. The number of aromatic nitrogens is 4. The third-order valence-electron chi connectivity index (χ3n) is 3.45. The Kier molecular flexibility index (Phi) is 4.04. The number of hydrogen-bond acceptors (Lipinski definition) is 3. The third-order valence-corrected chi connectivity index (χ3v) is 3.45. The zero-order valence-electron chi connectivity index (χ0n) is 12.2. The van der Waals surface area contributed by atoms with E-state index in [-0.39, 0.29) is 5.41 Å². The monoisotopic (exact) mass is 261 g/mol. The van der Waals surface area contributed by atoms with Crippen LogP contribution >= 0.6 is 0 Å². The van der Waals surface area contributed by atoms with Gasteiger partial charge in [-0.3, -0.25) is 4.68 Å². The molecule has 19 heavy (non-hydrogen) atoms. The summed E-state index contributed by atoms with van der Waals surface area (Å²) in [6.07, 6.45) is 7.52. The highest BCUT2D eigenvalue weighted by Gasteiger charge is 2.24. The molecule has 0 bridgehead atoms. The van der Waals surface area contributed by atoms with E-state index in [2.05, 4.69) is 40.7 Å². The van der Waals surface area contributed by atoms with E-state index in [9.17, 15) is 0 Å². The van der Waals surface area contributed by atoms with Gasteiger partial charge in [-0.1, -0.05) is 20.8 Å². The largest absolute Gasteiger partial charge is 0.336 e. The maximum atomic E-state index is 4.19. The molecule has 0 aliphatic carbocycles. The zero-order chi connectivity index (χ0) is 13.9. The van der Waals surface area contributed by atoms with Gasteiger partial charge in [-0.05, 0) is 11.5 Å². The van der Waals surface area contributed by atoms with Crippen LogP contribution < -0.4 is 5.32 Å². The normalized spacial score (nSPS) is 13.7. The second-order valence-electron chi connectivity index (χ2n) is 6.01. The van der Waals surface area contributed by atoms with Crippen molar-refractivity contribution in [3.8, 4) is 0 Å². The van der Waals surface area contributed by atoms with Crippen molar-refractivity contribution in [2.75, 3.05) is 0 Å². The summed E-state index contributed by atoms with van der Waals surface area (Å²) in [5, 5.41) is 7.83. The first kappa shape index (κ1) is 13.8. The molecule has 5 nitrogen and oxygen atoms in total. The van der Waals surface area contributed by atoms with Crippen LogP contribution in [0.3, 0.4) is 0 Å². The molecule has 2 aromatic rings. The number of hydrogen-bond donors (Lipinski definition) is 1. The van der Waals surface area contributed by atoms with Crippen molar-refractivity contribution in [2.45, 2.75) is 39.9 Å². The fraction of sp³-hybridized carbons (Fsp3) is 0.571. The highest BCUT2D eigenvalue weighted by atomic mass is 15.3. The van der Waals surface area contributed by atoms with Crippen molar-refractivity contribution in [1.82, 2.24) is 24.6 Å². The van der Waals surface area contributed by atoms with Crippen LogP contribution in [0, 0.1) is 5.41 Å². The minimum absolute atomic E-state index is 0.183. The van der Waals surface area contributed by atoms with Gasteiger partial charge in [0.25, 0.3) is 0 Å². The van der Waals surface area contributed by atoms with Crippen LogP contribution in [-0.4, -0.2) is 25.4 Å². The minimum Gasteiger partial charge on any atom is -0.336 e. The number of aryl methyl sites for hydroxylation is 1. The van der Waals surface area contributed by atoms with Crippen molar-refractivity contribution >= 4 is 0 Å². The van der Waals surface area contributed by atoms with E-state index in [4.69, 9.17) is 0 Å². The molecule has 2 heterocycles. The molecule has 0 radical (unpaired) electrons. The van der Waals surface area contributed by atoms with Crippen molar-refractivity contribution in [3.05, 3.63) is 36.7 Å². The molecule has 1 unspecified atom stereocenters. The lowest BCUT2D eigenvalue weighted by atomic mass is 9.86. The summed E-state index contributed by atoms with van der Waals surface area (Å²) in [6.45, 7) is 8.51. The quantitative estimate of drug-likeness (QED) is 0.893. The van der Waals surface area contributed by atoms with E-state index in [1.54, 1.807) is 0 Å². The Balaban J connectivity index is 2.00. The highest BCUT2D eigenvalue weighted by Crippen LogP contribution is 2.21. The Morgan fingerprint density at radius 1 is 1.32 bits per heavy atom. The summed E-state index contributed by atoms with van der Waals surface area (Å²) in [4.78, 5) is 4.10. The van der Waals surface area contributed by atoms with Crippen LogP contribution in [-0.2, 0) is 20.1 Å². The van der Waals surface area contributed by atoms with Crippen LogP contribution in [0.25, 0.3) is 0 Å². The highest BCUT2D eigenvalue weighted by molar-refractivity contribution is 5.00. The van der Waals surface area contributed by atoms with Crippen LogP contribution in [0.1, 0.15) is 26.5 Å². The lowest BCUT2D eigenvalue weighted by Crippen LogP contribution is -2.43. The van der Waals surface area contributed by atoms with Crippen molar-refractivity contribution < 1.29 is 0 Å². The summed E-state index contributed by atoms with van der Waals surface area (Å²) in [7, 11) is 1.97. The Morgan fingerprint density at radius 2 is 2.11 bits per heavy atom. The van der Waals surface area contributed by atoms with Gasteiger partial charge in [0.05, 0.1) is 12.0 Å². The molecular weight excluding hydrogens is 238 g/mol. The van der Waals surface area contributed by atoms with Crippen LogP contribution in [0.2, 0.25) is 0 Å². The minimum atomic E-state index is 0.183. The van der Waals surface area contributed by atoms with Gasteiger partial charge in [0, 0.05) is 44.8 Å². The van der Waals surface area contributed by atoms with Crippen LogP contribution in [0.4, 0.5) is 0 Å². The number of nitrogens with one attached hydrogen (secondary N) is 1. The molecule has 2 aromatic heterocycles. The molecule has 5 heteroatoms. The van der Waals surface area contributed by atoms with Gasteiger partial charge in [0.1, 0.15) is 0 Å². The smallest absolute Gasteiger partial charge is 0.0946 e. The first-order chi connectivity index (χ1) is 8.97. The molecule has 0 aromatic carbocycles. The zero-order valence-corrected chi connectivity index (χ0v) is 12.2. The average Bonchev–Trinajstić information content (AvgIpc) is 2.94. The molecule has 2 rings (SSSR count). The molecule has 0 spiro atoms. The lowest BCUT2D eigenvalue weighted by Gasteiger charge is -2.32. The summed E-state index contributed by atoms with van der Waals surface area (Å²) in [6, 6.07) is 2.42. The van der Waals surface area contributed by atoms with Crippen LogP contribution in [0.15, 0.2) is 31.0 Å². The fourth-order valence-electron chi connectivity index (χ4n) is 2.05. The average molecular weight is 261 g/mol. The van der Waals surface area contributed by atoms with Gasteiger partial charge >= 0.3 is 0 Å². The molecule has 0 saturated heterocycles. The van der Waals surface area contributed by atoms with E-state index < -0.39 is 0 Å². The molecule has 0 saturated carbocycles. The first-order valence-corrected chi connectivity index (χ1v) is 6.63. The molecular formula is C14H23N5. The van der Waals surface area contributed by atoms with E-state index >= 15 is 0 Å². The van der Waals surface area contributed by atoms with E-state index in [0.29, 0.717) is 6.04 Å².